The lowest BCUT2D eigenvalue weighted by Gasteiger charge is -2.29. The summed E-state index contributed by atoms with van der Waals surface area (Å²) in [7, 11) is 2.03. The third-order valence-corrected chi connectivity index (χ3v) is 4.53. The van der Waals surface area contributed by atoms with Crippen molar-refractivity contribution in [3.63, 3.8) is 0 Å². The number of rotatable bonds is 4. The zero-order chi connectivity index (χ0) is 20.7. The molecule has 0 bridgehead atoms. The summed E-state index contributed by atoms with van der Waals surface area (Å²) in [5.41, 5.74) is 18.4. The lowest BCUT2D eigenvalue weighted by atomic mass is 10.1. The van der Waals surface area contributed by atoms with Crippen molar-refractivity contribution in [2.24, 2.45) is 11.5 Å². The molecule has 0 saturated carbocycles. The topological polar surface area (TPSA) is 84.0 Å². The number of H-pyrrole nitrogens is 1. The van der Waals surface area contributed by atoms with Crippen LogP contribution < -0.4 is 11.5 Å². The summed E-state index contributed by atoms with van der Waals surface area (Å²) in [6.07, 6.45) is 9.83. The van der Waals surface area contributed by atoms with Crippen LogP contribution in [-0.2, 0) is 0 Å². The minimum atomic E-state index is 0.316. The van der Waals surface area contributed by atoms with Gasteiger partial charge in [-0.15, -0.1) is 0 Å². The summed E-state index contributed by atoms with van der Waals surface area (Å²) in [5.74, 6) is 0. The molecule has 3 rings (SSSR count). The molecule has 0 spiro atoms. The Balaban J connectivity index is 0.00000136. The van der Waals surface area contributed by atoms with Crippen LogP contribution in [0, 0.1) is 6.92 Å². The second kappa shape index (κ2) is 9.65. The van der Waals surface area contributed by atoms with Gasteiger partial charge in [-0.25, -0.2) is 0 Å². The SMILES string of the molecule is CC.Cc1cccc(-c2ccc(/C(N)=C/C=C(\N)C3=CC=CC(C)N3C)[nH]2)n1. The van der Waals surface area contributed by atoms with Gasteiger partial charge >= 0.3 is 0 Å². The van der Waals surface area contributed by atoms with Crippen LogP contribution in [-0.4, -0.2) is 28.0 Å². The van der Waals surface area contributed by atoms with Crippen molar-refractivity contribution in [2.45, 2.75) is 33.7 Å². The van der Waals surface area contributed by atoms with Crippen molar-refractivity contribution in [2.75, 3.05) is 7.05 Å². The standard InChI is InChI=1S/C21H25N5.C2H6/c1-14-6-4-8-19(24-14)20-13-12-18(25-20)16(22)10-11-17(23)21-9-5-7-15(2)26(21)3;1-2/h4-13,15,25H,22-23H2,1-3H3;1-2H3/b16-10-,17-11-;. The number of aromatic nitrogens is 2. The van der Waals surface area contributed by atoms with Gasteiger partial charge in [-0.2, -0.15) is 0 Å². The molecule has 1 aliphatic heterocycles. The highest BCUT2D eigenvalue weighted by molar-refractivity contribution is 5.66. The van der Waals surface area contributed by atoms with Gasteiger partial charge in [0.05, 0.1) is 34.2 Å². The average molecular weight is 378 g/mol. The Morgan fingerprint density at radius 2 is 1.82 bits per heavy atom. The van der Waals surface area contributed by atoms with Gasteiger partial charge in [0, 0.05) is 18.8 Å². The van der Waals surface area contributed by atoms with Gasteiger partial charge in [0.1, 0.15) is 0 Å². The maximum Gasteiger partial charge on any atom is 0.0867 e. The molecule has 0 saturated heterocycles. The molecule has 0 fully saturated rings. The monoisotopic (exact) mass is 377 g/mol. The maximum atomic E-state index is 6.24. The quantitative estimate of drug-likeness (QED) is 0.693. The molecule has 5 N–H and O–H groups in total. The normalized spacial score (nSPS) is 17.1. The summed E-state index contributed by atoms with van der Waals surface area (Å²) in [5, 5.41) is 0. The predicted octanol–water partition coefficient (Wildman–Crippen LogP) is 4.33. The van der Waals surface area contributed by atoms with E-state index in [0.717, 1.165) is 28.5 Å². The van der Waals surface area contributed by atoms with Gasteiger partial charge in [0.2, 0.25) is 0 Å². The molecule has 2 aromatic heterocycles. The van der Waals surface area contributed by atoms with E-state index < -0.39 is 0 Å². The zero-order valence-corrected chi connectivity index (χ0v) is 17.4. The molecule has 0 aliphatic carbocycles. The van der Waals surface area contributed by atoms with E-state index in [1.165, 1.54) is 0 Å². The molecule has 1 atom stereocenters. The van der Waals surface area contributed by atoms with Crippen LogP contribution in [0.25, 0.3) is 17.1 Å². The Labute approximate surface area is 168 Å². The number of hydrogen-bond donors (Lipinski definition) is 3. The van der Waals surface area contributed by atoms with Crippen molar-refractivity contribution < 1.29 is 0 Å². The molecule has 0 amide bonds. The van der Waals surface area contributed by atoms with Crippen LogP contribution in [0.1, 0.15) is 32.2 Å². The highest BCUT2D eigenvalue weighted by Gasteiger charge is 2.14. The largest absolute Gasteiger partial charge is 0.397 e. The highest BCUT2D eigenvalue weighted by Crippen LogP contribution is 2.20. The fourth-order valence-corrected chi connectivity index (χ4v) is 2.83. The maximum absolute atomic E-state index is 6.24. The van der Waals surface area contributed by atoms with Crippen LogP contribution >= 0.6 is 0 Å². The summed E-state index contributed by atoms with van der Waals surface area (Å²) in [6, 6.07) is 10.2. The first-order valence-corrected chi connectivity index (χ1v) is 9.63. The highest BCUT2D eigenvalue weighted by atomic mass is 15.1. The second-order valence-corrected chi connectivity index (χ2v) is 6.48. The molecule has 2 aromatic rings. The van der Waals surface area contributed by atoms with E-state index in [0.29, 0.717) is 17.4 Å². The van der Waals surface area contributed by atoms with E-state index in [4.69, 9.17) is 11.5 Å². The molecule has 5 nitrogen and oxygen atoms in total. The number of nitrogens with zero attached hydrogens (tertiary/aromatic N) is 2. The first kappa shape index (κ1) is 21.1. The molecule has 1 aliphatic rings. The molecule has 28 heavy (non-hydrogen) atoms. The number of aryl methyl sites for hydroxylation is 1. The van der Waals surface area contributed by atoms with Crippen LogP contribution in [0.3, 0.4) is 0 Å². The number of nitrogens with one attached hydrogen (secondary N) is 1. The number of allylic oxidation sites excluding steroid dienone is 4. The zero-order valence-electron chi connectivity index (χ0n) is 17.4. The van der Waals surface area contributed by atoms with E-state index in [-0.39, 0.29) is 0 Å². The van der Waals surface area contributed by atoms with Crippen LogP contribution in [0.5, 0.6) is 0 Å². The molecule has 3 heterocycles. The Hall–Kier alpha value is -3.21. The van der Waals surface area contributed by atoms with Gasteiger partial charge in [-0.05, 0) is 56.3 Å². The lowest BCUT2D eigenvalue weighted by molar-refractivity contribution is 0.374. The molecule has 148 valence electrons. The van der Waals surface area contributed by atoms with E-state index in [1.54, 1.807) is 0 Å². The average Bonchev–Trinajstić information content (AvgIpc) is 3.20. The second-order valence-electron chi connectivity index (χ2n) is 6.48. The van der Waals surface area contributed by atoms with E-state index in [1.807, 2.05) is 82.5 Å². The Morgan fingerprint density at radius 3 is 2.54 bits per heavy atom. The molecule has 1 unspecified atom stereocenters. The number of hydrogen-bond acceptors (Lipinski definition) is 4. The summed E-state index contributed by atoms with van der Waals surface area (Å²) in [6.45, 7) is 8.10. The first-order chi connectivity index (χ1) is 13.5. The molecule has 0 aromatic carbocycles. The third-order valence-electron chi connectivity index (χ3n) is 4.53. The number of pyridine rings is 1. The third kappa shape index (κ3) is 4.94. The van der Waals surface area contributed by atoms with E-state index in [2.05, 4.69) is 27.9 Å². The van der Waals surface area contributed by atoms with Gasteiger partial charge in [0.25, 0.3) is 0 Å². The smallest absolute Gasteiger partial charge is 0.0867 e. The Morgan fingerprint density at radius 1 is 1.11 bits per heavy atom. The molecule has 5 heteroatoms. The first-order valence-electron chi connectivity index (χ1n) is 9.63. The predicted molar refractivity (Wildman–Crippen MR) is 119 cm³/mol. The number of likely N-dealkylation sites (N-methyl/N-ethyl adjacent to an activating group) is 1. The van der Waals surface area contributed by atoms with Gasteiger partial charge < -0.3 is 21.4 Å². The van der Waals surface area contributed by atoms with Crippen LogP contribution in [0.15, 0.2) is 72.1 Å². The van der Waals surface area contributed by atoms with Crippen LogP contribution in [0.4, 0.5) is 0 Å². The van der Waals surface area contributed by atoms with E-state index in [9.17, 15) is 0 Å². The van der Waals surface area contributed by atoms with Gasteiger partial charge in [-0.1, -0.05) is 32.1 Å². The lowest BCUT2D eigenvalue weighted by Crippen LogP contribution is -2.31. The van der Waals surface area contributed by atoms with Crippen molar-refractivity contribution in [3.8, 4) is 11.4 Å². The fraction of sp³-hybridized carbons (Fsp3) is 0.261. The molecular weight excluding hydrogens is 346 g/mol. The minimum Gasteiger partial charge on any atom is -0.397 e. The summed E-state index contributed by atoms with van der Waals surface area (Å²) >= 11 is 0. The Bertz CT molecular complexity index is 915. The van der Waals surface area contributed by atoms with Crippen molar-refractivity contribution in [1.82, 2.24) is 14.9 Å². The van der Waals surface area contributed by atoms with Crippen molar-refractivity contribution >= 4 is 5.70 Å². The van der Waals surface area contributed by atoms with E-state index >= 15 is 0 Å². The van der Waals surface area contributed by atoms with Crippen molar-refractivity contribution in [1.29, 1.82) is 0 Å². The minimum absolute atomic E-state index is 0.316. The van der Waals surface area contributed by atoms with Gasteiger partial charge in [0.15, 0.2) is 0 Å². The number of nitrogens with two attached hydrogens (primary N) is 2. The molecular formula is C23H31N5. The fourth-order valence-electron chi connectivity index (χ4n) is 2.83. The summed E-state index contributed by atoms with van der Waals surface area (Å²) in [4.78, 5) is 9.97. The summed E-state index contributed by atoms with van der Waals surface area (Å²) < 4.78 is 0. The molecule has 0 radical (unpaired) electrons. The van der Waals surface area contributed by atoms with Gasteiger partial charge in [-0.3, -0.25) is 4.98 Å². The van der Waals surface area contributed by atoms with Crippen LogP contribution in [0.2, 0.25) is 0 Å². The Kier molecular flexibility index (Phi) is 7.27. The number of aromatic amines is 1. The van der Waals surface area contributed by atoms with Crippen molar-refractivity contribution in [3.05, 3.63) is 83.5 Å².